The molecule has 9 nitrogen and oxygen atoms in total. The zero-order valence-electron chi connectivity index (χ0n) is 15.7. The molecule has 0 aliphatic heterocycles. The first-order valence-corrected chi connectivity index (χ1v) is 9.99. The van der Waals surface area contributed by atoms with E-state index in [1.807, 2.05) is 20.8 Å². The topological polar surface area (TPSA) is 131 Å². The third-order valence-corrected chi connectivity index (χ3v) is 5.58. The molecule has 0 aromatic carbocycles. The Bertz CT molecular complexity index is 976. The number of ether oxygens (including phenoxy) is 1. The largest absolute Gasteiger partial charge is 0.481 e. The van der Waals surface area contributed by atoms with Gasteiger partial charge in [0.2, 0.25) is 5.88 Å². The smallest absolute Gasteiger partial charge is 0.405 e. The number of amides is 1. The van der Waals surface area contributed by atoms with Crippen LogP contribution < -0.4 is 14.8 Å². The molecular weight excluding hydrogens is 408 g/mol. The number of hydrogen-bond acceptors (Lipinski definition) is 6. The van der Waals surface area contributed by atoms with E-state index in [-0.39, 0.29) is 21.7 Å². The molecule has 2 aromatic rings. The summed E-state index contributed by atoms with van der Waals surface area (Å²) in [4.78, 5) is 18.9. The van der Waals surface area contributed by atoms with Crippen LogP contribution in [0, 0.1) is 5.41 Å². The van der Waals surface area contributed by atoms with E-state index in [1.165, 1.54) is 31.5 Å². The molecule has 0 fully saturated rings. The molecule has 152 valence electrons. The Morgan fingerprint density at radius 3 is 2.50 bits per heavy atom. The lowest BCUT2D eigenvalue weighted by Gasteiger charge is -2.31. The van der Waals surface area contributed by atoms with E-state index in [0.717, 1.165) is 0 Å². The number of anilines is 1. The predicted octanol–water partition coefficient (Wildman–Crippen LogP) is 3.29. The number of carboxylic acid groups (broad SMARTS) is 1. The van der Waals surface area contributed by atoms with Crippen molar-refractivity contribution in [1.82, 2.24) is 15.3 Å². The molecule has 1 amide bonds. The fourth-order valence-electron chi connectivity index (χ4n) is 2.54. The highest BCUT2D eigenvalue weighted by molar-refractivity contribution is 7.92. The van der Waals surface area contributed by atoms with Crippen molar-refractivity contribution in [2.45, 2.75) is 31.7 Å². The van der Waals surface area contributed by atoms with Crippen LogP contribution in [0.1, 0.15) is 32.4 Å². The van der Waals surface area contributed by atoms with Crippen LogP contribution in [0.25, 0.3) is 0 Å². The highest BCUT2D eigenvalue weighted by Gasteiger charge is 2.31. The van der Waals surface area contributed by atoms with Gasteiger partial charge in [-0.25, -0.2) is 18.2 Å². The van der Waals surface area contributed by atoms with Crippen molar-refractivity contribution in [2.24, 2.45) is 5.41 Å². The normalized spacial score (nSPS) is 12.9. The highest BCUT2D eigenvalue weighted by atomic mass is 35.5. The molecule has 2 heterocycles. The predicted molar refractivity (Wildman–Crippen MR) is 104 cm³/mol. The molecule has 0 aliphatic rings. The van der Waals surface area contributed by atoms with Gasteiger partial charge in [0, 0.05) is 11.8 Å². The van der Waals surface area contributed by atoms with Gasteiger partial charge in [-0.2, -0.15) is 4.98 Å². The Hall–Kier alpha value is -2.59. The molecular formula is C17H21ClN4O5S. The summed E-state index contributed by atoms with van der Waals surface area (Å²) in [5, 5.41) is 11.4. The average Bonchev–Trinajstić information content (AvgIpc) is 2.58. The fraction of sp³-hybridized carbons (Fsp3) is 0.353. The van der Waals surface area contributed by atoms with E-state index >= 15 is 0 Å². The van der Waals surface area contributed by atoms with Gasteiger partial charge in [0.25, 0.3) is 10.0 Å². The molecule has 11 heteroatoms. The number of methoxy groups -OCH3 is 1. The van der Waals surface area contributed by atoms with E-state index < -0.39 is 27.6 Å². The summed E-state index contributed by atoms with van der Waals surface area (Å²) in [6.07, 6.45) is 0.178. The number of halogens is 1. The number of carbonyl (C=O) groups is 1. The minimum absolute atomic E-state index is 0.0106. The third kappa shape index (κ3) is 5.02. The second kappa shape index (κ2) is 8.19. The van der Waals surface area contributed by atoms with Gasteiger partial charge in [0.1, 0.15) is 15.9 Å². The summed E-state index contributed by atoms with van der Waals surface area (Å²) in [7, 11) is -2.66. The minimum Gasteiger partial charge on any atom is -0.481 e. The molecule has 2 aromatic heterocycles. The molecule has 1 unspecified atom stereocenters. The molecule has 0 radical (unpaired) electrons. The number of aromatic nitrogens is 2. The summed E-state index contributed by atoms with van der Waals surface area (Å²) in [5.74, 6) is 0.0784. The summed E-state index contributed by atoms with van der Waals surface area (Å²) in [5.41, 5.74) is -0.0165. The lowest BCUT2D eigenvalue weighted by atomic mass is 9.82. The Balaban J connectivity index is 2.42. The van der Waals surface area contributed by atoms with Gasteiger partial charge < -0.3 is 15.2 Å². The number of hydrogen-bond donors (Lipinski definition) is 3. The van der Waals surface area contributed by atoms with Crippen LogP contribution in [0.3, 0.4) is 0 Å². The molecule has 28 heavy (non-hydrogen) atoms. The monoisotopic (exact) mass is 428 g/mol. The van der Waals surface area contributed by atoms with Gasteiger partial charge in [0.05, 0.1) is 13.2 Å². The molecule has 1 atom stereocenters. The minimum atomic E-state index is -4.02. The summed E-state index contributed by atoms with van der Waals surface area (Å²) < 4.78 is 32.7. The maximum Gasteiger partial charge on any atom is 0.405 e. The second-order valence-corrected chi connectivity index (χ2v) is 8.95. The van der Waals surface area contributed by atoms with Crippen LogP contribution in [-0.2, 0) is 10.0 Å². The van der Waals surface area contributed by atoms with Gasteiger partial charge in [-0.15, -0.1) is 0 Å². The lowest BCUT2D eigenvalue weighted by molar-refractivity contribution is 0.174. The van der Waals surface area contributed by atoms with Crippen LogP contribution in [0.2, 0.25) is 5.15 Å². The molecule has 0 bridgehead atoms. The molecule has 0 aliphatic carbocycles. The van der Waals surface area contributed by atoms with Crippen molar-refractivity contribution in [3.63, 3.8) is 0 Å². The summed E-state index contributed by atoms with van der Waals surface area (Å²) in [6.45, 7) is 5.57. The Labute approximate surface area is 168 Å². The van der Waals surface area contributed by atoms with E-state index in [1.54, 1.807) is 6.07 Å². The second-order valence-electron chi connectivity index (χ2n) is 6.94. The average molecular weight is 429 g/mol. The number of rotatable bonds is 6. The van der Waals surface area contributed by atoms with Crippen molar-refractivity contribution >= 4 is 33.5 Å². The summed E-state index contributed by atoms with van der Waals surface area (Å²) >= 11 is 5.86. The van der Waals surface area contributed by atoms with Gasteiger partial charge in [-0.1, -0.05) is 32.4 Å². The maximum absolute atomic E-state index is 12.5. The number of pyridine rings is 2. The molecule has 0 saturated heterocycles. The van der Waals surface area contributed by atoms with Gasteiger partial charge in [-0.3, -0.25) is 4.72 Å². The van der Waals surface area contributed by atoms with Gasteiger partial charge in [0.15, 0.2) is 0 Å². The first-order chi connectivity index (χ1) is 13.0. The fourth-order valence-corrected chi connectivity index (χ4v) is 4.00. The van der Waals surface area contributed by atoms with Crippen LogP contribution in [0.5, 0.6) is 5.88 Å². The Morgan fingerprint density at radius 1 is 1.29 bits per heavy atom. The maximum atomic E-state index is 12.5. The van der Waals surface area contributed by atoms with Crippen molar-refractivity contribution < 1.29 is 23.1 Å². The van der Waals surface area contributed by atoms with Gasteiger partial charge in [-0.05, 0) is 29.7 Å². The number of sulfonamides is 1. The van der Waals surface area contributed by atoms with Crippen molar-refractivity contribution in [2.75, 3.05) is 11.8 Å². The van der Waals surface area contributed by atoms with Crippen molar-refractivity contribution in [3.05, 3.63) is 41.2 Å². The van der Waals surface area contributed by atoms with Crippen LogP contribution in [0.15, 0.2) is 35.4 Å². The lowest BCUT2D eigenvalue weighted by Crippen LogP contribution is -2.36. The first-order valence-electron chi connectivity index (χ1n) is 8.13. The number of nitrogens with one attached hydrogen (secondary N) is 2. The first kappa shape index (κ1) is 21.7. The molecule has 3 N–H and O–H groups in total. The van der Waals surface area contributed by atoms with Crippen LogP contribution >= 0.6 is 11.6 Å². The standard InChI is InChI=1S/C17H21ClN4O5S/c1-17(2,3)13(21-16(23)24)10-7-8-12(20-15(10)27-4)22-28(25,26)11-6-5-9-19-14(11)18/h5-9,13,21H,1-4H3,(H,20,22)(H,23,24). The van der Waals surface area contributed by atoms with Crippen LogP contribution in [0.4, 0.5) is 10.6 Å². The van der Waals surface area contributed by atoms with Crippen LogP contribution in [-0.4, -0.2) is 36.7 Å². The van der Waals surface area contributed by atoms with E-state index in [4.69, 9.17) is 21.4 Å². The van der Waals surface area contributed by atoms with Crippen molar-refractivity contribution in [3.8, 4) is 5.88 Å². The van der Waals surface area contributed by atoms with E-state index in [2.05, 4.69) is 20.0 Å². The quantitative estimate of drug-likeness (QED) is 0.601. The van der Waals surface area contributed by atoms with E-state index in [9.17, 15) is 13.2 Å². The Kier molecular flexibility index (Phi) is 6.35. The molecule has 2 rings (SSSR count). The SMILES string of the molecule is COc1nc(NS(=O)(=O)c2cccnc2Cl)ccc1C(NC(=O)O)C(C)(C)C. The molecule has 0 spiro atoms. The Morgan fingerprint density at radius 2 is 1.96 bits per heavy atom. The third-order valence-electron chi connectivity index (χ3n) is 3.78. The zero-order valence-corrected chi connectivity index (χ0v) is 17.3. The summed E-state index contributed by atoms with van der Waals surface area (Å²) in [6, 6.07) is 5.10. The van der Waals surface area contributed by atoms with Gasteiger partial charge >= 0.3 is 6.09 Å². The highest BCUT2D eigenvalue weighted by Crippen LogP contribution is 2.37. The molecule has 0 saturated carbocycles. The number of nitrogens with zero attached hydrogens (tertiary/aromatic N) is 2. The van der Waals surface area contributed by atoms with E-state index in [0.29, 0.717) is 5.56 Å². The zero-order chi connectivity index (χ0) is 21.1. The van der Waals surface area contributed by atoms with Crippen molar-refractivity contribution in [1.29, 1.82) is 0 Å².